The van der Waals surface area contributed by atoms with Crippen LogP contribution in [0.2, 0.25) is 0 Å². The number of benzene rings is 2. The van der Waals surface area contributed by atoms with E-state index in [0.717, 1.165) is 44.0 Å². The summed E-state index contributed by atoms with van der Waals surface area (Å²) in [5.74, 6) is -4.10. The van der Waals surface area contributed by atoms with Gasteiger partial charge in [-0.3, -0.25) is 9.59 Å². The number of anilines is 2. The number of hydrogen-bond donors (Lipinski definition) is 4. The van der Waals surface area contributed by atoms with E-state index >= 15 is 4.39 Å². The van der Waals surface area contributed by atoms with Crippen molar-refractivity contribution in [2.75, 3.05) is 36.0 Å². The highest BCUT2D eigenvalue weighted by atomic mass is 19.1. The number of aromatic carboxylic acids is 2. The fourth-order valence-electron chi connectivity index (χ4n) is 9.27. The number of halogens is 4. The Morgan fingerprint density at radius 2 is 1.18 bits per heavy atom. The smallest absolute Gasteiger partial charge is 0.407 e. The van der Waals surface area contributed by atoms with E-state index < -0.39 is 81.7 Å². The summed E-state index contributed by atoms with van der Waals surface area (Å²) in [7, 11) is 0. The normalized spacial score (nSPS) is 26.4. The summed E-state index contributed by atoms with van der Waals surface area (Å²) in [6.07, 6.45) is 3.84. The lowest BCUT2D eigenvalue weighted by Crippen LogP contribution is -2.44. The molecule has 2 aromatic carbocycles. The van der Waals surface area contributed by atoms with Gasteiger partial charge in [-0.1, -0.05) is 0 Å². The molecule has 0 radical (unpaired) electrons. The Kier molecular flexibility index (Phi) is 9.31. The first-order valence-corrected chi connectivity index (χ1v) is 20.5. The molecule has 2 saturated heterocycles. The summed E-state index contributed by atoms with van der Waals surface area (Å²) in [5, 5.41) is 21.5. The van der Waals surface area contributed by atoms with Crippen LogP contribution in [0.25, 0.3) is 21.8 Å². The molecular weight excluding hydrogens is 804 g/mol. The fraction of sp³-hybridized carbons (Fsp3) is 0.512. The molecule has 4 aromatic rings. The number of nitrogens with zero attached hydrogens (tertiary/aromatic N) is 4. The van der Waals surface area contributed by atoms with Gasteiger partial charge in [0.15, 0.2) is 0 Å². The monoisotopic (exact) mass is 850 g/mol. The topological polar surface area (TPSA) is 189 Å². The lowest BCUT2D eigenvalue weighted by molar-refractivity contribution is 0.0492. The molecule has 18 heteroatoms. The van der Waals surface area contributed by atoms with Crippen LogP contribution in [0.15, 0.2) is 46.2 Å². The minimum atomic E-state index is -1.44. The molecule has 0 unspecified atom stereocenters. The summed E-state index contributed by atoms with van der Waals surface area (Å²) in [6, 6.07) is 3.78. The highest BCUT2D eigenvalue weighted by Crippen LogP contribution is 2.55. The summed E-state index contributed by atoms with van der Waals surface area (Å²) < 4.78 is 66.1. The van der Waals surface area contributed by atoms with Crippen LogP contribution in [0.3, 0.4) is 0 Å². The summed E-state index contributed by atoms with van der Waals surface area (Å²) in [6.45, 7) is 7.39. The lowest BCUT2D eigenvalue weighted by atomic mass is 10.0. The van der Waals surface area contributed by atoms with E-state index in [0.29, 0.717) is 42.9 Å². The van der Waals surface area contributed by atoms with Gasteiger partial charge in [-0.15, -0.1) is 0 Å². The van der Waals surface area contributed by atoms with Crippen molar-refractivity contribution in [3.05, 3.63) is 79.9 Å². The van der Waals surface area contributed by atoms with Crippen molar-refractivity contribution in [3.8, 4) is 0 Å². The third kappa shape index (κ3) is 7.25. The van der Waals surface area contributed by atoms with Gasteiger partial charge in [-0.2, -0.15) is 0 Å². The number of hydrogen-bond acceptors (Lipinski definition) is 9. The number of aromatic nitrogens is 2. The molecule has 4 aliphatic carbocycles. The second kappa shape index (κ2) is 13.9. The zero-order valence-corrected chi connectivity index (χ0v) is 33.7. The predicted octanol–water partition coefficient (Wildman–Crippen LogP) is 5.66. The van der Waals surface area contributed by atoms with Gasteiger partial charge in [0.05, 0.1) is 40.5 Å². The predicted molar refractivity (Wildman–Crippen MR) is 216 cm³/mol. The number of alkyl carbamates (subject to hydrolysis) is 1. The van der Waals surface area contributed by atoms with Crippen LogP contribution in [0.1, 0.15) is 92.1 Å². The average molecular weight is 851 g/mol. The summed E-state index contributed by atoms with van der Waals surface area (Å²) in [4.78, 5) is 64.2. The van der Waals surface area contributed by atoms with Crippen LogP contribution in [0.4, 0.5) is 33.7 Å². The maximum atomic E-state index is 15.3. The lowest BCUT2D eigenvalue weighted by Gasteiger charge is -2.24. The molecule has 1 amide bonds. The molecule has 0 bridgehead atoms. The number of amides is 1. The van der Waals surface area contributed by atoms with Crippen molar-refractivity contribution in [1.82, 2.24) is 14.5 Å². The molecular formula is C43H46F4N6O8. The third-order valence-electron chi connectivity index (χ3n) is 13.3. The number of rotatable bonds is 7. The highest BCUT2D eigenvalue weighted by molar-refractivity contribution is 5.95. The quantitative estimate of drug-likeness (QED) is 0.168. The Balaban J connectivity index is 0.000000160. The van der Waals surface area contributed by atoms with E-state index in [4.69, 9.17) is 10.5 Å². The third-order valence-corrected chi connectivity index (χ3v) is 13.3. The molecule has 61 heavy (non-hydrogen) atoms. The Labute approximate surface area is 345 Å². The van der Waals surface area contributed by atoms with Crippen molar-refractivity contribution in [2.24, 2.45) is 16.6 Å². The number of carboxylic acids is 2. The van der Waals surface area contributed by atoms with Gasteiger partial charge in [0.2, 0.25) is 10.9 Å². The number of fused-ring (bicyclic) bond motifs is 2. The molecule has 2 aromatic heterocycles. The van der Waals surface area contributed by atoms with Crippen LogP contribution in [-0.4, -0.2) is 93.6 Å². The van der Waals surface area contributed by atoms with Crippen LogP contribution < -0.4 is 31.7 Å². The molecule has 324 valence electrons. The molecule has 6 atom stereocenters. The van der Waals surface area contributed by atoms with Gasteiger partial charge in [-0.25, -0.2) is 31.9 Å². The zero-order chi connectivity index (χ0) is 43.7. The molecule has 6 aliphatic rings. The van der Waals surface area contributed by atoms with Crippen LogP contribution in [-0.2, 0) is 4.74 Å². The first-order valence-electron chi connectivity index (χ1n) is 20.5. The number of carbonyl (C=O) groups excluding carboxylic acids is 1. The number of nitrogens with two attached hydrogens (primary N) is 1. The fourth-order valence-corrected chi connectivity index (χ4v) is 9.27. The minimum Gasteiger partial charge on any atom is -0.477 e. The standard InChI is InChI=1S/C24H27F2N3O5.C19H19F2N3O3/c1-23(2,3)34-22(33)27-19-10-28(11-24(19)4-5-24)17-8-16-12(6-14(17)25)20(30)13(21(31)32)9-29(16)18-7-15(18)26;20-11-3-9-13(5-14(11)23-7-16(22)19(8-23)1-2-19)24(15-4-12(15)21)6-10(17(9)25)18(26)27/h6,8-9,15,18-19H,4-5,7,10-11H2,1-3H3,(H,27,33)(H,31,32);3,5-6,12,15-16H,1-2,4,7-8,22H2,(H,26,27)/t15-,18+,19+;12-,15+,16+/m00/s1. The number of alkyl halides is 2. The van der Waals surface area contributed by atoms with E-state index in [1.165, 1.54) is 27.5 Å². The average Bonchev–Trinajstić information content (AvgIpc) is 4.04. The van der Waals surface area contributed by atoms with E-state index in [9.17, 15) is 47.4 Å². The Bertz CT molecular complexity index is 2670. The van der Waals surface area contributed by atoms with Gasteiger partial charge in [-0.05, 0) is 70.7 Å². The van der Waals surface area contributed by atoms with Crippen LogP contribution in [0, 0.1) is 22.5 Å². The Morgan fingerprint density at radius 1 is 0.754 bits per heavy atom. The van der Waals surface area contributed by atoms with Gasteiger partial charge in [0.1, 0.15) is 40.7 Å². The second-order valence-electron chi connectivity index (χ2n) is 18.7. The summed E-state index contributed by atoms with van der Waals surface area (Å²) >= 11 is 0. The van der Waals surface area contributed by atoms with Crippen molar-refractivity contribution in [2.45, 2.75) is 101 Å². The highest BCUT2D eigenvalue weighted by Gasteiger charge is 2.56. The van der Waals surface area contributed by atoms with Crippen molar-refractivity contribution < 1.29 is 46.9 Å². The number of pyridine rings is 2. The molecule has 4 saturated carbocycles. The molecule has 5 N–H and O–H groups in total. The van der Waals surface area contributed by atoms with Crippen LogP contribution in [0.5, 0.6) is 0 Å². The SMILES string of the molecule is CC(C)(C)OC(=O)N[C@@H]1CN(c2cc3c(cc2F)c(=O)c(C(=O)O)cn3[C@@H]2C[C@@H]2F)CC12CC2.N[C@@H]1CN(c2cc3c(cc2F)c(=O)c(C(=O)O)cn3[C@@H]2C[C@@H]2F)CC12CC2. The minimum absolute atomic E-state index is 0.0252. The van der Waals surface area contributed by atoms with Crippen LogP contribution >= 0.6 is 0 Å². The zero-order valence-electron chi connectivity index (χ0n) is 33.7. The largest absolute Gasteiger partial charge is 0.477 e. The number of ether oxygens (including phenoxy) is 1. The first-order chi connectivity index (χ1) is 28.7. The first kappa shape index (κ1) is 40.7. The second-order valence-corrected chi connectivity index (χ2v) is 18.7. The summed E-state index contributed by atoms with van der Waals surface area (Å²) in [5.41, 5.74) is 4.12. The van der Waals surface area contributed by atoms with Crippen molar-refractivity contribution >= 4 is 51.2 Å². The Hall–Kier alpha value is -5.65. The maximum Gasteiger partial charge on any atom is 0.407 e. The number of nitrogens with one attached hydrogen (secondary N) is 1. The molecule has 6 fully saturated rings. The van der Waals surface area contributed by atoms with E-state index in [1.807, 2.05) is 9.80 Å². The van der Waals surface area contributed by atoms with Gasteiger partial charge < -0.3 is 44.9 Å². The van der Waals surface area contributed by atoms with Gasteiger partial charge in [0, 0.05) is 79.1 Å². The Morgan fingerprint density at radius 3 is 1.56 bits per heavy atom. The van der Waals surface area contributed by atoms with Gasteiger partial charge >= 0.3 is 18.0 Å². The maximum absolute atomic E-state index is 15.3. The number of carboxylic acid groups (broad SMARTS) is 2. The van der Waals surface area contributed by atoms with Crippen molar-refractivity contribution in [1.29, 1.82) is 0 Å². The molecule has 4 heterocycles. The molecule has 2 aliphatic heterocycles. The van der Waals surface area contributed by atoms with E-state index in [2.05, 4.69) is 5.32 Å². The molecule has 2 spiro atoms. The molecule has 10 rings (SSSR count). The van der Waals surface area contributed by atoms with E-state index in [-0.39, 0.29) is 52.2 Å². The molecule has 14 nitrogen and oxygen atoms in total. The van der Waals surface area contributed by atoms with Gasteiger partial charge in [0.25, 0.3) is 0 Å². The number of carbonyl (C=O) groups is 3. The van der Waals surface area contributed by atoms with Crippen molar-refractivity contribution in [3.63, 3.8) is 0 Å². The van der Waals surface area contributed by atoms with E-state index in [1.54, 1.807) is 20.8 Å².